The highest BCUT2D eigenvalue weighted by atomic mass is 16.1. The number of aliphatic imine (C=N–C) groups is 1. The molecule has 2 N–H and O–H groups in total. The molecule has 0 aromatic carbocycles. The van der Waals surface area contributed by atoms with Crippen LogP contribution < -0.4 is 10.6 Å². The molecule has 120 valence electrons. The smallest absolute Gasteiger partial charge is 0.241 e. The molecule has 1 saturated heterocycles. The molecule has 0 radical (unpaired) electrons. The van der Waals surface area contributed by atoms with Gasteiger partial charge in [-0.2, -0.15) is 0 Å². The van der Waals surface area contributed by atoms with E-state index in [2.05, 4.69) is 34.4 Å². The Morgan fingerprint density at radius 3 is 2.38 bits per heavy atom. The third-order valence-corrected chi connectivity index (χ3v) is 4.56. The van der Waals surface area contributed by atoms with Gasteiger partial charge in [0.1, 0.15) is 6.54 Å². The van der Waals surface area contributed by atoms with Crippen molar-refractivity contribution in [1.29, 1.82) is 0 Å². The quantitative estimate of drug-likeness (QED) is 0.598. The average Bonchev–Trinajstić information content (AvgIpc) is 2.93. The predicted molar refractivity (Wildman–Crippen MR) is 86.3 cm³/mol. The Balaban J connectivity index is 1.90. The molecule has 1 heterocycles. The summed E-state index contributed by atoms with van der Waals surface area (Å²) in [5.41, 5.74) is 0. The molecule has 1 amide bonds. The molecule has 0 spiro atoms. The molecule has 21 heavy (non-hydrogen) atoms. The van der Waals surface area contributed by atoms with Gasteiger partial charge in [0.2, 0.25) is 5.91 Å². The largest absolute Gasteiger partial charge is 0.357 e. The molecule has 5 heteroatoms. The third-order valence-electron chi connectivity index (χ3n) is 4.56. The molecule has 1 saturated carbocycles. The maximum Gasteiger partial charge on any atom is 0.241 e. The van der Waals surface area contributed by atoms with E-state index in [9.17, 15) is 4.79 Å². The van der Waals surface area contributed by atoms with Crippen molar-refractivity contribution in [2.45, 2.75) is 46.0 Å². The molecule has 1 aliphatic carbocycles. The topological polar surface area (TPSA) is 56.7 Å². The first-order chi connectivity index (χ1) is 10.2. The summed E-state index contributed by atoms with van der Waals surface area (Å²) in [6, 6.07) is 0. The maximum absolute atomic E-state index is 11.7. The van der Waals surface area contributed by atoms with E-state index in [1.54, 1.807) is 0 Å². The monoisotopic (exact) mass is 294 g/mol. The highest BCUT2D eigenvalue weighted by Crippen LogP contribution is 2.35. The number of rotatable bonds is 5. The van der Waals surface area contributed by atoms with Gasteiger partial charge in [-0.3, -0.25) is 4.79 Å². The lowest BCUT2D eigenvalue weighted by atomic mass is 9.82. The minimum atomic E-state index is 0.0175. The fourth-order valence-corrected chi connectivity index (χ4v) is 3.47. The lowest BCUT2D eigenvalue weighted by Crippen LogP contribution is -2.41. The Hall–Kier alpha value is -1.26. The molecule has 2 aliphatic rings. The summed E-state index contributed by atoms with van der Waals surface area (Å²) in [5.74, 6) is 2.59. The van der Waals surface area contributed by atoms with Crippen LogP contribution in [-0.4, -0.2) is 49.5 Å². The van der Waals surface area contributed by atoms with Crippen molar-refractivity contribution < 1.29 is 4.79 Å². The van der Waals surface area contributed by atoms with Crippen LogP contribution in [0.4, 0.5) is 0 Å². The van der Waals surface area contributed by atoms with Gasteiger partial charge in [0.25, 0.3) is 0 Å². The Morgan fingerprint density at radius 1 is 1.14 bits per heavy atom. The van der Waals surface area contributed by atoms with Crippen molar-refractivity contribution in [2.24, 2.45) is 16.8 Å². The molecule has 2 rings (SSSR count). The first-order valence-electron chi connectivity index (χ1n) is 8.54. The zero-order valence-corrected chi connectivity index (χ0v) is 13.5. The van der Waals surface area contributed by atoms with E-state index in [4.69, 9.17) is 0 Å². The van der Waals surface area contributed by atoms with E-state index in [0.29, 0.717) is 0 Å². The highest BCUT2D eigenvalue weighted by molar-refractivity contribution is 5.85. The zero-order chi connectivity index (χ0) is 15.1. The summed E-state index contributed by atoms with van der Waals surface area (Å²) in [5, 5.41) is 6.22. The second kappa shape index (κ2) is 8.25. The van der Waals surface area contributed by atoms with Crippen molar-refractivity contribution in [3.63, 3.8) is 0 Å². The summed E-state index contributed by atoms with van der Waals surface area (Å²) < 4.78 is 0. The van der Waals surface area contributed by atoms with Crippen molar-refractivity contribution in [1.82, 2.24) is 15.5 Å². The predicted octanol–water partition coefficient (Wildman–Crippen LogP) is 1.60. The van der Waals surface area contributed by atoms with Crippen LogP contribution in [0.5, 0.6) is 0 Å². The number of hydrogen-bond donors (Lipinski definition) is 2. The van der Waals surface area contributed by atoms with Gasteiger partial charge in [0, 0.05) is 26.2 Å². The number of fused-ring (bicyclic) bond motifs is 1. The van der Waals surface area contributed by atoms with Crippen LogP contribution in [-0.2, 0) is 4.79 Å². The summed E-state index contributed by atoms with van der Waals surface area (Å²) >= 11 is 0. The fourth-order valence-electron chi connectivity index (χ4n) is 3.47. The second-order valence-corrected chi connectivity index (χ2v) is 6.23. The van der Waals surface area contributed by atoms with Crippen molar-refractivity contribution in [2.75, 3.05) is 32.7 Å². The molecule has 2 fully saturated rings. The third kappa shape index (κ3) is 4.61. The van der Waals surface area contributed by atoms with Crippen LogP contribution in [0.2, 0.25) is 0 Å². The summed E-state index contributed by atoms with van der Waals surface area (Å²) in [6.07, 6.45) is 6.43. The number of amides is 1. The summed E-state index contributed by atoms with van der Waals surface area (Å²) in [7, 11) is 0. The van der Waals surface area contributed by atoms with Crippen LogP contribution in [0.3, 0.4) is 0 Å². The number of nitrogens with zero attached hydrogens (tertiary/aromatic N) is 2. The van der Waals surface area contributed by atoms with Crippen molar-refractivity contribution in [3.8, 4) is 0 Å². The summed E-state index contributed by atoms with van der Waals surface area (Å²) in [4.78, 5) is 18.6. The standard InChI is InChI=1S/C16H30N4O/c1-3-9-18-15(21)10-19-16(17-4-2)20-11-13-7-5-6-8-14(13)12-20/h13-14H,3-12H2,1-2H3,(H,17,19)(H,18,21). The highest BCUT2D eigenvalue weighted by Gasteiger charge is 2.35. The molecule has 2 unspecified atom stereocenters. The Bertz CT molecular complexity index is 355. The van der Waals surface area contributed by atoms with Crippen LogP contribution in [0.15, 0.2) is 4.99 Å². The first kappa shape index (κ1) is 16.1. The van der Waals surface area contributed by atoms with Crippen molar-refractivity contribution >= 4 is 11.9 Å². The molecule has 1 aliphatic heterocycles. The molecule has 2 atom stereocenters. The minimum Gasteiger partial charge on any atom is -0.357 e. The molecule has 0 bridgehead atoms. The minimum absolute atomic E-state index is 0.0175. The maximum atomic E-state index is 11.7. The van der Waals surface area contributed by atoms with Crippen LogP contribution in [0.25, 0.3) is 0 Å². The van der Waals surface area contributed by atoms with Crippen molar-refractivity contribution in [3.05, 3.63) is 0 Å². The van der Waals surface area contributed by atoms with Crippen LogP contribution >= 0.6 is 0 Å². The van der Waals surface area contributed by atoms with Gasteiger partial charge in [0.05, 0.1) is 0 Å². The molecule has 5 nitrogen and oxygen atoms in total. The van der Waals surface area contributed by atoms with Crippen LogP contribution in [0.1, 0.15) is 46.0 Å². The average molecular weight is 294 g/mol. The van der Waals surface area contributed by atoms with E-state index >= 15 is 0 Å². The van der Waals surface area contributed by atoms with E-state index in [1.807, 2.05) is 0 Å². The van der Waals surface area contributed by atoms with Crippen LogP contribution in [0, 0.1) is 11.8 Å². The molecule has 0 aromatic heterocycles. The molecular weight excluding hydrogens is 264 g/mol. The number of guanidine groups is 1. The van der Waals surface area contributed by atoms with Gasteiger partial charge >= 0.3 is 0 Å². The Kier molecular flexibility index (Phi) is 6.33. The van der Waals surface area contributed by atoms with Gasteiger partial charge in [-0.1, -0.05) is 19.8 Å². The number of hydrogen-bond acceptors (Lipinski definition) is 2. The van der Waals surface area contributed by atoms with E-state index < -0.39 is 0 Å². The Morgan fingerprint density at radius 2 is 1.81 bits per heavy atom. The van der Waals surface area contributed by atoms with Gasteiger partial charge in [-0.15, -0.1) is 0 Å². The number of carbonyl (C=O) groups is 1. The van der Waals surface area contributed by atoms with E-state index in [1.165, 1.54) is 25.7 Å². The first-order valence-corrected chi connectivity index (χ1v) is 8.54. The molecular formula is C16H30N4O. The van der Waals surface area contributed by atoms with Gasteiger partial charge in [-0.25, -0.2) is 4.99 Å². The zero-order valence-electron chi connectivity index (χ0n) is 13.5. The number of carbonyl (C=O) groups excluding carboxylic acids is 1. The summed E-state index contributed by atoms with van der Waals surface area (Å²) in [6.45, 7) is 8.16. The normalized spacial score (nSPS) is 25.6. The lowest BCUT2D eigenvalue weighted by molar-refractivity contribution is -0.119. The number of likely N-dealkylation sites (tertiary alicyclic amines) is 1. The van der Waals surface area contributed by atoms with Gasteiger partial charge in [-0.05, 0) is 38.0 Å². The fraction of sp³-hybridized carbons (Fsp3) is 0.875. The second-order valence-electron chi connectivity index (χ2n) is 6.23. The SMILES string of the molecule is CCCNC(=O)CN=C(NCC)N1CC2CCCCC2C1. The lowest BCUT2D eigenvalue weighted by Gasteiger charge is -2.22. The Labute approximate surface area is 128 Å². The molecule has 0 aromatic rings. The van der Waals surface area contributed by atoms with E-state index in [-0.39, 0.29) is 12.5 Å². The van der Waals surface area contributed by atoms with Gasteiger partial charge < -0.3 is 15.5 Å². The van der Waals surface area contributed by atoms with Gasteiger partial charge in [0.15, 0.2) is 5.96 Å². The van der Waals surface area contributed by atoms with E-state index in [0.717, 1.165) is 50.4 Å². The number of nitrogens with one attached hydrogen (secondary N) is 2.